The number of amides is 2. The highest BCUT2D eigenvalue weighted by Crippen LogP contribution is 2.36. The van der Waals surface area contributed by atoms with Gasteiger partial charge in [-0.2, -0.15) is 0 Å². The normalized spacial score (nSPS) is 16.5. The molecular weight excluding hydrogens is 392 g/mol. The standard InChI is InChI=1S/C17H18N2O6S2/c1-3-25-11-5-4-9(6-12(11)24-2)7-13-15(21)19(17(26)27-13)10(16(22)23)8-14(18)20/h4-7,10H,3,8H2,1-2H3,(H2,18,20)(H,22,23)/b13-7-. The molecular formula is C17H18N2O6S2. The number of thiocarbonyl (C=S) groups is 1. The number of rotatable bonds is 8. The van der Waals surface area contributed by atoms with Gasteiger partial charge in [-0.1, -0.05) is 30.0 Å². The summed E-state index contributed by atoms with van der Waals surface area (Å²) in [6.45, 7) is 2.33. The first-order valence-corrected chi connectivity index (χ1v) is 9.10. The number of carbonyl (C=O) groups is 3. The molecule has 0 aromatic heterocycles. The fourth-order valence-corrected chi connectivity index (χ4v) is 3.78. The van der Waals surface area contributed by atoms with Crippen molar-refractivity contribution in [3.63, 3.8) is 0 Å². The highest BCUT2D eigenvalue weighted by atomic mass is 32.2. The van der Waals surface area contributed by atoms with E-state index in [0.717, 1.165) is 16.7 Å². The van der Waals surface area contributed by atoms with E-state index in [0.29, 0.717) is 23.7 Å². The molecule has 0 spiro atoms. The maximum absolute atomic E-state index is 12.6. The molecule has 10 heteroatoms. The van der Waals surface area contributed by atoms with Gasteiger partial charge in [-0.25, -0.2) is 4.79 Å². The van der Waals surface area contributed by atoms with Crippen molar-refractivity contribution in [1.82, 2.24) is 4.90 Å². The first-order valence-electron chi connectivity index (χ1n) is 7.87. The second-order valence-corrected chi connectivity index (χ2v) is 7.10. The average Bonchev–Trinajstić information content (AvgIpc) is 2.87. The number of aliphatic carboxylic acids is 1. The molecule has 27 heavy (non-hydrogen) atoms. The van der Waals surface area contributed by atoms with E-state index in [1.54, 1.807) is 24.3 Å². The molecule has 8 nitrogen and oxygen atoms in total. The van der Waals surface area contributed by atoms with Gasteiger partial charge in [0.15, 0.2) is 11.5 Å². The van der Waals surface area contributed by atoms with Crippen LogP contribution in [0.5, 0.6) is 11.5 Å². The minimum absolute atomic E-state index is 0.0535. The molecule has 2 rings (SSSR count). The number of carboxylic acid groups (broad SMARTS) is 1. The van der Waals surface area contributed by atoms with Crippen LogP contribution < -0.4 is 15.2 Å². The molecule has 144 valence electrons. The molecule has 1 unspecified atom stereocenters. The highest BCUT2D eigenvalue weighted by Gasteiger charge is 2.41. The predicted molar refractivity (Wildman–Crippen MR) is 104 cm³/mol. The zero-order chi connectivity index (χ0) is 20.1. The summed E-state index contributed by atoms with van der Waals surface area (Å²) in [7, 11) is 1.50. The lowest BCUT2D eigenvalue weighted by molar-refractivity contribution is -0.146. The SMILES string of the molecule is CCOc1ccc(/C=C2\SC(=S)N(C(CC(N)=O)C(=O)O)C2=O)cc1OC. The molecule has 1 heterocycles. The van der Waals surface area contributed by atoms with Gasteiger partial charge in [-0.15, -0.1) is 0 Å². The molecule has 1 aromatic carbocycles. The molecule has 0 aliphatic carbocycles. The monoisotopic (exact) mass is 410 g/mol. The number of hydrogen-bond donors (Lipinski definition) is 2. The topological polar surface area (TPSA) is 119 Å². The van der Waals surface area contributed by atoms with E-state index in [-0.39, 0.29) is 9.23 Å². The van der Waals surface area contributed by atoms with Crippen molar-refractivity contribution < 1.29 is 29.0 Å². The molecule has 1 saturated heterocycles. The molecule has 1 aliphatic heterocycles. The van der Waals surface area contributed by atoms with Crippen molar-refractivity contribution >= 4 is 52.2 Å². The molecule has 0 radical (unpaired) electrons. The maximum Gasteiger partial charge on any atom is 0.327 e. The fourth-order valence-electron chi connectivity index (χ4n) is 2.43. The van der Waals surface area contributed by atoms with Crippen molar-refractivity contribution in [3.8, 4) is 11.5 Å². The van der Waals surface area contributed by atoms with E-state index in [4.69, 9.17) is 27.4 Å². The Labute approximate surface area is 165 Å². The maximum atomic E-state index is 12.6. The second kappa shape index (κ2) is 8.87. The first kappa shape index (κ1) is 20.7. The molecule has 1 fully saturated rings. The minimum atomic E-state index is -1.43. The predicted octanol–water partition coefficient (Wildman–Crippen LogP) is 1.62. The molecule has 0 saturated carbocycles. The largest absolute Gasteiger partial charge is 0.493 e. The zero-order valence-corrected chi connectivity index (χ0v) is 16.3. The van der Waals surface area contributed by atoms with Gasteiger partial charge in [-0.05, 0) is 30.7 Å². The molecule has 3 N–H and O–H groups in total. The third kappa shape index (κ3) is 4.77. The number of ether oxygens (including phenoxy) is 2. The number of carboxylic acids is 1. The van der Waals surface area contributed by atoms with Crippen molar-refractivity contribution in [2.45, 2.75) is 19.4 Å². The zero-order valence-electron chi connectivity index (χ0n) is 14.6. The van der Waals surface area contributed by atoms with Crippen LogP contribution in [0.2, 0.25) is 0 Å². The Morgan fingerprint density at radius 2 is 2.11 bits per heavy atom. The van der Waals surface area contributed by atoms with Gasteiger partial charge in [0.2, 0.25) is 5.91 Å². The lowest BCUT2D eigenvalue weighted by atomic mass is 10.1. The third-order valence-corrected chi connectivity index (χ3v) is 4.93. The van der Waals surface area contributed by atoms with Crippen molar-refractivity contribution in [1.29, 1.82) is 0 Å². The number of carbonyl (C=O) groups excluding carboxylic acids is 2. The van der Waals surface area contributed by atoms with Crippen LogP contribution in [0, 0.1) is 0 Å². The quantitative estimate of drug-likeness (QED) is 0.490. The summed E-state index contributed by atoms with van der Waals surface area (Å²) in [4.78, 5) is 36.4. The Kier molecular flexibility index (Phi) is 6.81. The minimum Gasteiger partial charge on any atom is -0.493 e. The summed E-state index contributed by atoms with van der Waals surface area (Å²) >= 11 is 6.09. The number of primary amides is 1. The lowest BCUT2D eigenvalue weighted by Crippen LogP contribution is -2.46. The van der Waals surface area contributed by atoms with Crippen LogP contribution >= 0.6 is 24.0 Å². The summed E-state index contributed by atoms with van der Waals surface area (Å²) in [5.41, 5.74) is 5.74. The number of nitrogens with two attached hydrogens (primary N) is 1. The van der Waals surface area contributed by atoms with Gasteiger partial charge >= 0.3 is 5.97 Å². The molecule has 1 atom stereocenters. The van der Waals surface area contributed by atoms with E-state index in [9.17, 15) is 19.5 Å². The van der Waals surface area contributed by atoms with Gasteiger partial charge in [0.05, 0.1) is 25.0 Å². The Bertz CT molecular complexity index is 824. The molecule has 0 bridgehead atoms. The molecule has 1 aliphatic rings. The number of benzene rings is 1. The van der Waals surface area contributed by atoms with Crippen LogP contribution in [-0.4, -0.2) is 51.9 Å². The lowest BCUT2D eigenvalue weighted by Gasteiger charge is -2.21. The third-order valence-electron chi connectivity index (χ3n) is 3.60. The van der Waals surface area contributed by atoms with Crippen LogP contribution in [0.3, 0.4) is 0 Å². The van der Waals surface area contributed by atoms with E-state index >= 15 is 0 Å². The summed E-state index contributed by atoms with van der Waals surface area (Å²) in [6.07, 6.45) is 1.05. The number of methoxy groups -OCH3 is 1. The Balaban J connectivity index is 2.32. The van der Waals surface area contributed by atoms with Crippen molar-refractivity contribution in [3.05, 3.63) is 28.7 Å². The first-order chi connectivity index (χ1) is 12.8. The van der Waals surface area contributed by atoms with Gasteiger partial charge in [0.25, 0.3) is 5.91 Å². The van der Waals surface area contributed by atoms with Crippen molar-refractivity contribution in [2.75, 3.05) is 13.7 Å². The van der Waals surface area contributed by atoms with E-state index in [2.05, 4.69) is 0 Å². The Morgan fingerprint density at radius 3 is 2.67 bits per heavy atom. The number of thioether (sulfide) groups is 1. The van der Waals surface area contributed by atoms with Crippen LogP contribution in [0.25, 0.3) is 6.08 Å². The van der Waals surface area contributed by atoms with E-state index < -0.39 is 30.2 Å². The second-order valence-electron chi connectivity index (χ2n) is 5.42. The van der Waals surface area contributed by atoms with Crippen molar-refractivity contribution in [2.24, 2.45) is 5.73 Å². The average molecular weight is 410 g/mol. The highest BCUT2D eigenvalue weighted by molar-refractivity contribution is 8.26. The Morgan fingerprint density at radius 1 is 1.41 bits per heavy atom. The smallest absolute Gasteiger partial charge is 0.327 e. The number of hydrogen-bond acceptors (Lipinski definition) is 7. The van der Waals surface area contributed by atoms with E-state index in [1.165, 1.54) is 7.11 Å². The van der Waals surface area contributed by atoms with Crippen LogP contribution in [0.1, 0.15) is 18.9 Å². The summed E-state index contributed by atoms with van der Waals surface area (Å²) in [6, 6.07) is 3.70. The van der Waals surface area contributed by atoms with Crippen LogP contribution in [-0.2, 0) is 14.4 Å². The summed E-state index contributed by atoms with van der Waals surface area (Å²) in [5.74, 6) is -1.72. The van der Waals surface area contributed by atoms with Gasteiger partial charge in [0, 0.05) is 0 Å². The van der Waals surface area contributed by atoms with Gasteiger partial charge in [-0.3, -0.25) is 14.5 Å². The van der Waals surface area contributed by atoms with Crippen LogP contribution in [0.4, 0.5) is 0 Å². The van der Waals surface area contributed by atoms with Gasteiger partial charge < -0.3 is 20.3 Å². The fraction of sp³-hybridized carbons (Fsp3) is 0.294. The number of nitrogens with zero attached hydrogens (tertiary/aromatic N) is 1. The van der Waals surface area contributed by atoms with Gasteiger partial charge in [0.1, 0.15) is 10.4 Å². The molecule has 1 aromatic rings. The molecule has 2 amide bonds. The Hall–Kier alpha value is -2.59. The summed E-state index contributed by atoms with van der Waals surface area (Å²) in [5, 5.41) is 9.32. The summed E-state index contributed by atoms with van der Waals surface area (Å²) < 4.78 is 10.8. The van der Waals surface area contributed by atoms with E-state index in [1.807, 2.05) is 6.92 Å². The van der Waals surface area contributed by atoms with Crippen LogP contribution in [0.15, 0.2) is 23.1 Å².